The fraction of sp³-hybridized carbons (Fsp3) is 0.400. The molecular weight excluding hydrogens is 276 g/mol. The van der Waals surface area contributed by atoms with Crippen LogP contribution < -0.4 is 10.6 Å². The molecule has 3 rings (SSSR count). The molecule has 106 valence electrons. The van der Waals surface area contributed by atoms with Crippen LogP contribution in [0.4, 0.5) is 0 Å². The highest BCUT2D eigenvalue weighted by molar-refractivity contribution is 6.35. The molecule has 1 amide bonds. The maximum atomic E-state index is 12.3. The summed E-state index contributed by atoms with van der Waals surface area (Å²) < 4.78 is 5.67. The van der Waals surface area contributed by atoms with Crippen molar-refractivity contribution in [2.24, 2.45) is 0 Å². The van der Waals surface area contributed by atoms with Crippen molar-refractivity contribution in [3.05, 3.63) is 34.5 Å². The van der Waals surface area contributed by atoms with Crippen molar-refractivity contribution >= 4 is 28.5 Å². The van der Waals surface area contributed by atoms with Crippen LogP contribution in [0.5, 0.6) is 0 Å². The van der Waals surface area contributed by atoms with Crippen LogP contribution in [0, 0.1) is 6.92 Å². The maximum absolute atomic E-state index is 12.3. The van der Waals surface area contributed by atoms with Crippen LogP contribution in [0.25, 0.3) is 11.0 Å². The van der Waals surface area contributed by atoms with Gasteiger partial charge in [0.05, 0.1) is 5.02 Å². The first-order chi connectivity index (χ1) is 9.66. The van der Waals surface area contributed by atoms with Crippen LogP contribution in [0.1, 0.15) is 29.0 Å². The number of rotatable bonds is 2. The summed E-state index contributed by atoms with van der Waals surface area (Å²) in [7, 11) is 0. The van der Waals surface area contributed by atoms with E-state index in [1.807, 2.05) is 19.1 Å². The minimum absolute atomic E-state index is 0.151. The summed E-state index contributed by atoms with van der Waals surface area (Å²) in [5.74, 6) is 0.216. The molecule has 20 heavy (non-hydrogen) atoms. The first kappa shape index (κ1) is 13.5. The minimum atomic E-state index is -0.151. The third-order valence-electron chi connectivity index (χ3n) is 3.80. The highest BCUT2D eigenvalue weighted by Gasteiger charge is 2.22. The third kappa shape index (κ3) is 2.41. The Morgan fingerprint density at radius 1 is 1.40 bits per heavy atom. The van der Waals surface area contributed by atoms with Crippen LogP contribution in [0.3, 0.4) is 0 Å². The van der Waals surface area contributed by atoms with Crippen molar-refractivity contribution in [2.45, 2.75) is 25.8 Å². The zero-order chi connectivity index (χ0) is 14.1. The lowest BCUT2D eigenvalue weighted by Crippen LogP contribution is -2.42. The van der Waals surface area contributed by atoms with Gasteiger partial charge in [0.25, 0.3) is 5.91 Å². The molecule has 2 N–H and O–H groups in total. The summed E-state index contributed by atoms with van der Waals surface area (Å²) in [5, 5.41) is 7.75. The molecule has 1 saturated heterocycles. The van der Waals surface area contributed by atoms with Gasteiger partial charge < -0.3 is 15.1 Å². The second-order valence-electron chi connectivity index (χ2n) is 5.17. The van der Waals surface area contributed by atoms with Gasteiger partial charge in [-0.15, -0.1) is 0 Å². The summed E-state index contributed by atoms with van der Waals surface area (Å²) in [4.78, 5) is 12.3. The number of benzene rings is 1. The van der Waals surface area contributed by atoms with Crippen LogP contribution in [-0.4, -0.2) is 25.0 Å². The molecule has 0 spiro atoms. The van der Waals surface area contributed by atoms with Crippen LogP contribution in [0.2, 0.25) is 5.02 Å². The van der Waals surface area contributed by atoms with Gasteiger partial charge in [0, 0.05) is 17.0 Å². The van der Waals surface area contributed by atoms with E-state index in [-0.39, 0.29) is 11.9 Å². The maximum Gasteiger partial charge on any atom is 0.287 e. The van der Waals surface area contributed by atoms with Crippen LogP contribution >= 0.6 is 11.6 Å². The molecule has 2 aromatic rings. The van der Waals surface area contributed by atoms with Gasteiger partial charge in [0.15, 0.2) is 11.3 Å². The normalized spacial score (nSPS) is 16.5. The highest BCUT2D eigenvalue weighted by atomic mass is 35.5. The van der Waals surface area contributed by atoms with Crippen LogP contribution in [0.15, 0.2) is 22.6 Å². The highest BCUT2D eigenvalue weighted by Crippen LogP contribution is 2.30. The van der Waals surface area contributed by atoms with E-state index in [4.69, 9.17) is 16.0 Å². The summed E-state index contributed by atoms with van der Waals surface area (Å²) in [5.41, 5.74) is 1.43. The molecule has 1 fully saturated rings. The number of hydrogen-bond donors (Lipinski definition) is 2. The van der Waals surface area contributed by atoms with Gasteiger partial charge in [0.2, 0.25) is 0 Å². The first-order valence-electron chi connectivity index (χ1n) is 6.86. The van der Waals surface area contributed by atoms with Gasteiger partial charge in [0.1, 0.15) is 0 Å². The molecule has 0 radical (unpaired) electrons. The molecule has 2 heterocycles. The monoisotopic (exact) mass is 292 g/mol. The van der Waals surface area contributed by atoms with E-state index in [2.05, 4.69) is 10.6 Å². The number of carbonyl (C=O) groups is 1. The number of para-hydroxylation sites is 1. The molecule has 1 aromatic heterocycles. The summed E-state index contributed by atoms with van der Waals surface area (Å²) in [6, 6.07) is 5.76. The van der Waals surface area contributed by atoms with Crippen molar-refractivity contribution < 1.29 is 9.21 Å². The standard InChI is InChI=1S/C15H17ClN2O2/c1-9-11-3-2-4-12(16)14(11)20-13(9)15(19)18-10-5-7-17-8-6-10/h2-4,10,17H,5-8H2,1H3,(H,18,19). The summed E-state index contributed by atoms with van der Waals surface area (Å²) in [6.45, 7) is 3.77. The molecule has 0 saturated carbocycles. The van der Waals surface area contributed by atoms with Gasteiger partial charge in [-0.2, -0.15) is 0 Å². The SMILES string of the molecule is Cc1c(C(=O)NC2CCNCC2)oc2c(Cl)cccc12. The molecular formula is C15H17ClN2O2. The van der Waals surface area contributed by atoms with E-state index in [1.165, 1.54) is 0 Å². The summed E-state index contributed by atoms with van der Waals surface area (Å²) in [6.07, 6.45) is 1.90. The molecule has 4 nitrogen and oxygen atoms in total. The lowest BCUT2D eigenvalue weighted by molar-refractivity contribution is 0.0903. The Morgan fingerprint density at radius 2 is 2.15 bits per heavy atom. The lowest BCUT2D eigenvalue weighted by atomic mass is 10.1. The molecule has 1 aliphatic heterocycles. The first-order valence-corrected chi connectivity index (χ1v) is 7.24. The van der Waals surface area contributed by atoms with Crippen molar-refractivity contribution in [1.29, 1.82) is 0 Å². The van der Waals surface area contributed by atoms with Gasteiger partial charge in [-0.05, 0) is 38.9 Å². The smallest absolute Gasteiger partial charge is 0.287 e. The Hall–Kier alpha value is -1.52. The van der Waals surface area contributed by atoms with Gasteiger partial charge >= 0.3 is 0 Å². The van der Waals surface area contributed by atoms with Gasteiger partial charge in [-0.25, -0.2) is 0 Å². The van der Waals surface area contributed by atoms with Gasteiger partial charge in [-0.3, -0.25) is 4.79 Å². The van der Waals surface area contributed by atoms with E-state index < -0.39 is 0 Å². The number of furan rings is 1. The molecule has 1 aromatic carbocycles. The van der Waals surface area contributed by atoms with E-state index in [0.29, 0.717) is 16.4 Å². The Bertz CT molecular complexity index is 645. The Labute approximate surface area is 122 Å². The average molecular weight is 293 g/mol. The van der Waals surface area contributed by atoms with Gasteiger partial charge in [-0.1, -0.05) is 23.7 Å². The largest absolute Gasteiger partial charge is 0.449 e. The molecule has 5 heteroatoms. The van der Waals surface area contributed by atoms with Crippen molar-refractivity contribution in [2.75, 3.05) is 13.1 Å². The van der Waals surface area contributed by atoms with Crippen molar-refractivity contribution in [3.63, 3.8) is 0 Å². The number of piperidine rings is 1. The average Bonchev–Trinajstić information content (AvgIpc) is 2.79. The summed E-state index contributed by atoms with van der Waals surface area (Å²) >= 11 is 6.11. The Kier molecular flexibility index (Phi) is 3.68. The topological polar surface area (TPSA) is 54.3 Å². The number of nitrogens with one attached hydrogen (secondary N) is 2. The quantitative estimate of drug-likeness (QED) is 0.895. The van der Waals surface area contributed by atoms with E-state index in [1.54, 1.807) is 6.07 Å². The predicted octanol–water partition coefficient (Wildman–Crippen LogP) is 2.88. The predicted molar refractivity (Wildman–Crippen MR) is 79.3 cm³/mol. The third-order valence-corrected chi connectivity index (χ3v) is 4.09. The van der Waals surface area contributed by atoms with E-state index in [0.717, 1.165) is 36.9 Å². The van der Waals surface area contributed by atoms with Crippen molar-refractivity contribution in [1.82, 2.24) is 10.6 Å². The van der Waals surface area contributed by atoms with E-state index in [9.17, 15) is 4.79 Å². The Morgan fingerprint density at radius 3 is 2.85 bits per heavy atom. The molecule has 0 unspecified atom stereocenters. The van der Waals surface area contributed by atoms with E-state index >= 15 is 0 Å². The number of fused-ring (bicyclic) bond motifs is 1. The fourth-order valence-electron chi connectivity index (χ4n) is 2.64. The Balaban J connectivity index is 1.87. The molecule has 0 bridgehead atoms. The number of hydrogen-bond acceptors (Lipinski definition) is 3. The second kappa shape index (κ2) is 5.46. The number of amides is 1. The zero-order valence-electron chi connectivity index (χ0n) is 11.3. The second-order valence-corrected chi connectivity index (χ2v) is 5.58. The molecule has 0 atom stereocenters. The molecule has 1 aliphatic rings. The van der Waals surface area contributed by atoms with Crippen LogP contribution in [-0.2, 0) is 0 Å². The number of halogens is 1. The lowest BCUT2D eigenvalue weighted by Gasteiger charge is -2.23. The number of carbonyl (C=O) groups excluding carboxylic acids is 1. The fourth-order valence-corrected chi connectivity index (χ4v) is 2.86. The zero-order valence-corrected chi connectivity index (χ0v) is 12.1. The number of aryl methyl sites for hydroxylation is 1. The molecule has 0 aliphatic carbocycles. The minimum Gasteiger partial charge on any atom is -0.449 e. The van der Waals surface area contributed by atoms with Crippen molar-refractivity contribution in [3.8, 4) is 0 Å².